The van der Waals surface area contributed by atoms with Crippen LogP contribution in [0.15, 0.2) is 18.2 Å². The van der Waals surface area contributed by atoms with Crippen LogP contribution in [0.25, 0.3) is 0 Å². The summed E-state index contributed by atoms with van der Waals surface area (Å²) < 4.78 is 11.2. The van der Waals surface area contributed by atoms with E-state index in [1.165, 1.54) is 0 Å². The Hall–Kier alpha value is -1.75. The number of nitrogens with two attached hydrogens (primary N) is 1. The molecule has 0 aliphatic carbocycles. The molecule has 0 saturated carbocycles. The Balaban J connectivity index is 1.93. The van der Waals surface area contributed by atoms with Gasteiger partial charge in [0.25, 0.3) is 0 Å². The standard InChI is InChI=1S/C15H22N2O3/c1-2-4-12(16)15(18)17-10-11-5-6-13-14(9-11)20-8-3-7-19-13/h5-6,9,12H,2-4,7-8,10,16H2,1H3,(H,17,18). The molecular formula is C15H22N2O3. The summed E-state index contributed by atoms with van der Waals surface area (Å²) in [5, 5.41) is 2.85. The van der Waals surface area contributed by atoms with Crippen LogP contribution in [0.1, 0.15) is 31.7 Å². The molecule has 1 amide bonds. The molecule has 3 N–H and O–H groups in total. The smallest absolute Gasteiger partial charge is 0.237 e. The summed E-state index contributed by atoms with van der Waals surface area (Å²) in [5.74, 6) is 1.39. The van der Waals surface area contributed by atoms with Gasteiger partial charge in [0.2, 0.25) is 5.91 Å². The molecule has 1 aromatic rings. The maximum atomic E-state index is 11.8. The van der Waals surface area contributed by atoms with Crippen molar-refractivity contribution in [1.29, 1.82) is 0 Å². The van der Waals surface area contributed by atoms with Crippen molar-refractivity contribution in [3.63, 3.8) is 0 Å². The monoisotopic (exact) mass is 278 g/mol. The van der Waals surface area contributed by atoms with Gasteiger partial charge in [0.05, 0.1) is 19.3 Å². The molecule has 0 radical (unpaired) electrons. The molecule has 0 aromatic heterocycles. The number of hydrogen-bond donors (Lipinski definition) is 2. The van der Waals surface area contributed by atoms with E-state index in [-0.39, 0.29) is 5.91 Å². The second-order valence-corrected chi connectivity index (χ2v) is 4.94. The zero-order valence-corrected chi connectivity index (χ0v) is 11.9. The van der Waals surface area contributed by atoms with Gasteiger partial charge in [-0.15, -0.1) is 0 Å². The maximum absolute atomic E-state index is 11.8. The minimum absolute atomic E-state index is 0.112. The summed E-state index contributed by atoms with van der Waals surface area (Å²) in [6, 6.07) is 5.29. The molecule has 5 nitrogen and oxygen atoms in total. The van der Waals surface area contributed by atoms with Crippen molar-refractivity contribution in [3.8, 4) is 11.5 Å². The summed E-state index contributed by atoms with van der Waals surface area (Å²) >= 11 is 0. The van der Waals surface area contributed by atoms with E-state index in [1.54, 1.807) is 0 Å². The summed E-state index contributed by atoms with van der Waals surface area (Å²) in [7, 11) is 0. The first-order valence-corrected chi connectivity index (χ1v) is 7.12. The fourth-order valence-corrected chi connectivity index (χ4v) is 2.08. The fraction of sp³-hybridized carbons (Fsp3) is 0.533. The average Bonchev–Trinajstić information content (AvgIpc) is 2.69. The lowest BCUT2D eigenvalue weighted by atomic mass is 10.1. The number of carbonyl (C=O) groups excluding carboxylic acids is 1. The van der Waals surface area contributed by atoms with Crippen LogP contribution in [-0.2, 0) is 11.3 Å². The summed E-state index contributed by atoms with van der Waals surface area (Å²) in [6.07, 6.45) is 2.48. The highest BCUT2D eigenvalue weighted by Gasteiger charge is 2.13. The highest BCUT2D eigenvalue weighted by Crippen LogP contribution is 2.30. The van der Waals surface area contributed by atoms with Crippen molar-refractivity contribution in [2.24, 2.45) is 5.73 Å². The van der Waals surface area contributed by atoms with E-state index in [4.69, 9.17) is 15.2 Å². The SMILES string of the molecule is CCCC(N)C(=O)NCc1ccc2c(c1)OCCCO2. The Morgan fingerprint density at radius 2 is 2.10 bits per heavy atom. The van der Waals surface area contributed by atoms with E-state index >= 15 is 0 Å². The number of nitrogens with one attached hydrogen (secondary N) is 1. The Morgan fingerprint density at radius 1 is 1.35 bits per heavy atom. The van der Waals surface area contributed by atoms with E-state index in [1.807, 2.05) is 25.1 Å². The molecule has 1 unspecified atom stereocenters. The lowest BCUT2D eigenvalue weighted by Gasteiger charge is -2.12. The van der Waals surface area contributed by atoms with Crippen molar-refractivity contribution >= 4 is 5.91 Å². The number of benzene rings is 1. The van der Waals surface area contributed by atoms with Crippen LogP contribution in [0.2, 0.25) is 0 Å². The van der Waals surface area contributed by atoms with Crippen molar-refractivity contribution in [1.82, 2.24) is 5.32 Å². The van der Waals surface area contributed by atoms with E-state index < -0.39 is 6.04 Å². The Bertz CT molecular complexity index is 462. The second kappa shape index (κ2) is 7.14. The van der Waals surface area contributed by atoms with Gasteiger partial charge in [0.1, 0.15) is 0 Å². The van der Waals surface area contributed by atoms with Gasteiger partial charge >= 0.3 is 0 Å². The first kappa shape index (κ1) is 14.7. The first-order chi connectivity index (χ1) is 9.70. The van der Waals surface area contributed by atoms with Gasteiger partial charge in [-0.3, -0.25) is 4.79 Å². The van der Waals surface area contributed by atoms with Crippen molar-refractivity contribution in [3.05, 3.63) is 23.8 Å². The van der Waals surface area contributed by atoms with Crippen LogP contribution in [-0.4, -0.2) is 25.2 Å². The number of ether oxygens (including phenoxy) is 2. The minimum atomic E-state index is -0.430. The number of amides is 1. The van der Waals surface area contributed by atoms with Crippen LogP contribution in [0.4, 0.5) is 0 Å². The van der Waals surface area contributed by atoms with Crippen LogP contribution < -0.4 is 20.5 Å². The number of carbonyl (C=O) groups is 1. The third-order valence-electron chi connectivity index (χ3n) is 3.22. The molecule has 1 atom stereocenters. The van der Waals surface area contributed by atoms with Crippen LogP contribution >= 0.6 is 0 Å². The molecule has 1 aliphatic rings. The molecular weight excluding hydrogens is 256 g/mol. The van der Waals surface area contributed by atoms with Gasteiger partial charge < -0.3 is 20.5 Å². The van der Waals surface area contributed by atoms with Crippen molar-refractivity contribution < 1.29 is 14.3 Å². The molecule has 0 fully saturated rings. The predicted molar refractivity (Wildman–Crippen MR) is 76.8 cm³/mol. The van der Waals surface area contributed by atoms with Crippen LogP contribution in [0, 0.1) is 0 Å². The molecule has 0 spiro atoms. The fourth-order valence-electron chi connectivity index (χ4n) is 2.08. The van der Waals surface area contributed by atoms with Gasteiger partial charge in [-0.05, 0) is 24.1 Å². The summed E-state index contributed by atoms with van der Waals surface area (Å²) in [6.45, 7) is 3.79. The van der Waals surface area contributed by atoms with Gasteiger partial charge in [-0.1, -0.05) is 19.4 Å². The normalized spacial score (nSPS) is 15.3. The molecule has 20 heavy (non-hydrogen) atoms. The molecule has 110 valence electrons. The molecule has 1 heterocycles. The lowest BCUT2D eigenvalue weighted by Crippen LogP contribution is -2.40. The van der Waals surface area contributed by atoms with Crippen molar-refractivity contribution in [2.45, 2.75) is 38.8 Å². The molecule has 1 aromatic carbocycles. The minimum Gasteiger partial charge on any atom is -0.490 e. The van der Waals surface area contributed by atoms with Gasteiger partial charge in [-0.2, -0.15) is 0 Å². The molecule has 0 saturated heterocycles. The van der Waals surface area contributed by atoms with Gasteiger partial charge in [-0.25, -0.2) is 0 Å². The Labute approximate surface area is 119 Å². The Morgan fingerprint density at radius 3 is 2.85 bits per heavy atom. The summed E-state index contributed by atoms with van der Waals surface area (Å²) in [5.41, 5.74) is 6.74. The number of hydrogen-bond acceptors (Lipinski definition) is 4. The van der Waals surface area contributed by atoms with E-state index in [2.05, 4.69) is 5.32 Å². The van der Waals surface area contributed by atoms with Gasteiger partial charge in [0, 0.05) is 13.0 Å². The third-order valence-corrected chi connectivity index (χ3v) is 3.22. The number of rotatable bonds is 5. The zero-order chi connectivity index (χ0) is 14.4. The third kappa shape index (κ3) is 3.87. The largest absolute Gasteiger partial charge is 0.490 e. The lowest BCUT2D eigenvalue weighted by molar-refractivity contribution is -0.122. The quantitative estimate of drug-likeness (QED) is 0.858. The molecule has 2 rings (SSSR count). The van der Waals surface area contributed by atoms with Crippen LogP contribution in [0.3, 0.4) is 0 Å². The first-order valence-electron chi connectivity index (χ1n) is 7.12. The molecule has 1 aliphatic heterocycles. The second-order valence-electron chi connectivity index (χ2n) is 4.94. The summed E-state index contributed by atoms with van der Waals surface area (Å²) in [4.78, 5) is 11.8. The molecule has 5 heteroatoms. The Kier molecular flexibility index (Phi) is 5.24. The topological polar surface area (TPSA) is 73.6 Å². The van der Waals surface area contributed by atoms with Crippen molar-refractivity contribution in [2.75, 3.05) is 13.2 Å². The highest BCUT2D eigenvalue weighted by molar-refractivity contribution is 5.81. The van der Waals surface area contributed by atoms with E-state index in [0.717, 1.165) is 29.9 Å². The molecule has 0 bridgehead atoms. The maximum Gasteiger partial charge on any atom is 0.237 e. The van der Waals surface area contributed by atoms with E-state index in [9.17, 15) is 4.79 Å². The highest BCUT2D eigenvalue weighted by atomic mass is 16.5. The van der Waals surface area contributed by atoms with Crippen LogP contribution in [0.5, 0.6) is 11.5 Å². The van der Waals surface area contributed by atoms with Gasteiger partial charge in [0.15, 0.2) is 11.5 Å². The zero-order valence-electron chi connectivity index (χ0n) is 11.9. The average molecular weight is 278 g/mol. The predicted octanol–water partition coefficient (Wildman–Crippen LogP) is 1.59. The number of fused-ring (bicyclic) bond motifs is 1. The van der Waals surface area contributed by atoms with E-state index in [0.29, 0.717) is 26.2 Å².